The van der Waals surface area contributed by atoms with Crippen LogP contribution in [0.4, 0.5) is 0 Å². The lowest BCUT2D eigenvalue weighted by Gasteiger charge is -2.24. The quantitative estimate of drug-likeness (QED) is 0.185. The molecule has 0 aliphatic carbocycles. The topological polar surface area (TPSA) is 18.5 Å². The Labute approximate surface area is 223 Å². The van der Waals surface area contributed by atoms with Crippen molar-refractivity contribution in [2.45, 2.75) is 65.1 Å². The second kappa shape index (κ2) is 13.7. The molecule has 2 heteroatoms. The summed E-state index contributed by atoms with van der Waals surface area (Å²) in [5, 5.41) is 0. The highest BCUT2D eigenvalue weighted by molar-refractivity contribution is 5.44. The zero-order valence-corrected chi connectivity index (χ0v) is 22.5. The minimum absolute atomic E-state index is 0.426. The van der Waals surface area contributed by atoms with Crippen molar-refractivity contribution >= 4 is 0 Å². The third-order valence-corrected chi connectivity index (χ3v) is 7.56. The summed E-state index contributed by atoms with van der Waals surface area (Å²) >= 11 is 0. The van der Waals surface area contributed by atoms with Gasteiger partial charge in [-0.3, -0.25) is 0 Å². The average molecular weight is 493 g/mol. The first-order valence-corrected chi connectivity index (χ1v) is 13.7. The highest BCUT2D eigenvalue weighted by Gasteiger charge is 2.19. The van der Waals surface area contributed by atoms with Crippen LogP contribution >= 0.6 is 0 Å². The maximum Gasteiger partial charge on any atom is 0.161 e. The fourth-order valence-electron chi connectivity index (χ4n) is 4.88. The Bertz CT molecular complexity index is 1190. The largest absolute Gasteiger partial charge is 0.485 e. The predicted molar refractivity (Wildman–Crippen MR) is 154 cm³/mol. The van der Waals surface area contributed by atoms with Crippen molar-refractivity contribution in [1.29, 1.82) is 0 Å². The Morgan fingerprint density at radius 2 is 1.11 bits per heavy atom. The van der Waals surface area contributed by atoms with Gasteiger partial charge in [0.25, 0.3) is 0 Å². The molecule has 0 saturated carbocycles. The Hall–Kier alpha value is -3.52. The number of hydrogen-bond donors (Lipinski definition) is 0. The third kappa shape index (κ3) is 7.73. The Morgan fingerprint density at radius 1 is 0.568 bits per heavy atom. The second-order valence-electron chi connectivity index (χ2n) is 10.1. The van der Waals surface area contributed by atoms with Crippen molar-refractivity contribution in [3.63, 3.8) is 0 Å². The molecule has 192 valence electrons. The monoisotopic (exact) mass is 492 g/mol. The number of benzene rings is 4. The van der Waals surface area contributed by atoms with E-state index < -0.39 is 0 Å². The van der Waals surface area contributed by atoms with Gasteiger partial charge in [0.2, 0.25) is 0 Å². The van der Waals surface area contributed by atoms with Crippen molar-refractivity contribution in [3.05, 3.63) is 131 Å². The molecule has 3 unspecified atom stereocenters. The van der Waals surface area contributed by atoms with Gasteiger partial charge in [0, 0.05) is 0 Å². The molecule has 0 bridgehead atoms. The van der Waals surface area contributed by atoms with Crippen LogP contribution in [0.1, 0.15) is 74.1 Å². The lowest BCUT2D eigenvalue weighted by Crippen LogP contribution is -2.09. The molecule has 4 aromatic rings. The van der Waals surface area contributed by atoms with Crippen molar-refractivity contribution in [3.8, 4) is 11.5 Å². The van der Waals surface area contributed by atoms with Gasteiger partial charge in [-0.2, -0.15) is 0 Å². The van der Waals surface area contributed by atoms with Crippen LogP contribution in [-0.2, 0) is 13.2 Å². The van der Waals surface area contributed by atoms with E-state index in [1.807, 2.05) is 36.4 Å². The summed E-state index contributed by atoms with van der Waals surface area (Å²) in [6.07, 6.45) is 3.58. The maximum absolute atomic E-state index is 6.33. The van der Waals surface area contributed by atoms with Crippen LogP contribution in [0, 0.1) is 5.92 Å². The van der Waals surface area contributed by atoms with E-state index in [0.717, 1.165) is 22.6 Å². The first-order valence-electron chi connectivity index (χ1n) is 13.7. The van der Waals surface area contributed by atoms with Crippen molar-refractivity contribution in [2.24, 2.45) is 5.92 Å². The van der Waals surface area contributed by atoms with E-state index in [2.05, 4.69) is 93.6 Å². The fraction of sp³-hybridized carbons (Fsp3) is 0.314. The van der Waals surface area contributed by atoms with Gasteiger partial charge in [0.1, 0.15) is 13.2 Å². The van der Waals surface area contributed by atoms with E-state index in [0.29, 0.717) is 31.0 Å². The molecule has 3 atom stereocenters. The number of hydrogen-bond acceptors (Lipinski definition) is 2. The molecule has 4 aromatic carbocycles. The summed E-state index contributed by atoms with van der Waals surface area (Å²) in [7, 11) is 0. The molecule has 0 aliphatic rings. The maximum atomic E-state index is 6.33. The summed E-state index contributed by atoms with van der Waals surface area (Å²) < 4.78 is 12.6. The SMILES string of the molecule is CCC(CCC(C)C(C)c1ccc(OCc2ccccc2)c(OCc2ccccc2)c1)c1ccccc1. The molecule has 0 N–H and O–H groups in total. The lowest BCUT2D eigenvalue weighted by molar-refractivity contribution is 0.255. The molecule has 37 heavy (non-hydrogen) atoms. The highest BCUT2D eigenvalue weighted by atomic mass is 16.5. The first kappa shape index (κ1) is 26.5. The molecule has 0 saturated heterocycles. The minimum Gasteiger partial charge on any atom is -0.485 e. The molecule has 0 aliphatic heterocycles. The summed E-state index contributed by atoms with van der Waals surface area (Å²) in [6, 6.07) is 38.0. The molecule has 4 rings (SSSR count). The van der Waals surface area contributed by atoms with Crippen LogP contribution < -0.4 is 9.47 Å². The van der Waals surface area contributed by atoms with Gasteiger partial charge in [-0.05, 0) is 71.4 Å². The minimum atomic E-state index is 0.426. The van der Waals surface area contributed by atoms with E-state index >= 15 is 0 Å². The van der Waals surface area contributed by atoms with Crippen molar-refractivity contribution < 1.29 is 9.47 Å². The lowest BCUT2D eigenvalue weighted by atomic mass is 9.82. The summed E-state index contributed by atoms with van der Waals surface area (Å²) in [6.45, 7) is 8.06. The molecular weight excluding hydrogens is 452 g/mol. The van der Waals surface area contributed by atoms with Gasteiger partial charge in [0.15, 0.2) is 11.5 Å². The Morgan fingerprint density at radius 3 is 1.68 bits per heavy atom. The van der Waals surface area contributed by atoms with Gasteiger partial charge in [-0.1, -0.05) is 118 Å². The predicted octanol–water partition coefficient (Wildman–Crippen LogP) is 9.56. The molecule has 0 heterocycles. The molecular formula is C35H40O2. The molecule has 2 nitrogen and oxygen atoms in total. The van der Waals surface area contributed by atoms with Crippen molar-refractivity contribution in [2.75, 3.05) is 0 Å². The molecule has 0 amide bonds. The van der Waals surface area contributed by atoms with Gasteiger partial charge in [-0.15, -0.1) is 0 Å². The van der Waals surface area contributed by atoms with E-state index in [9.17, 15) is 0 Å². The zero-order valence-electron chi connectivity index (χ0n) is 22.5. The Kier molecular flexibility index (Phi) is 9.82. The van der Waals surface area contributed by atoms with Crippen molar-refractivity contribution in [1.82, 2.24) is 0 Å². The number of ether oxygens (including phenoxy) is 2. The van der Waals surface area contributed by atoms with Gasteiger partial charge >= 0.3 is 0 Å². The fourth-order valence-corrected chi connectivity index (χ4v) is 4.88. The number of rotatable bonds is 13. The normalized spacial score (nSPS) is 13.5. The van der Waals surface area contributed by atoms with Crippen LogP contribution in [0.2, 0.25) is 0 Å². The highest BCUT2D eigenvalue weighted by Crippen LogP contribution is 2.37. The Balaban J connectivity index is 1.46. The molecule has 0 radical (unpaired) electrons. The van der Waals surface area contributed by atoms with Crippen LogP contribution in [0.3, 0.4) is 0 Å². The van der Waals surface area contributed by atoms with Crippen LogP contribution in [-0.4, -0.2) is 0 Å². The first-order chi connectivity index (χ1) is 18.1. The molecule has 0 fully saturated rings. The summed E-state index contributed by atoms with van der Waals surface area (Å²) in [5.74, 6) is 3.21. The molecule has 0 spiro atoms. The van der Waals surface area contributed by atoms with Crippen LogP contribution in [0.15, 0.2) is 109 Å². The summed E-state index contributed by atoms with van der Waals surface area (Å²) in [4.78, 5) is 0. The van der Waals surface area contributed by atoms with Crippen LogP contribution in [0.25, 0.3) is 0 Å². The summed E-state index contributed by atoms with van der Waals surface area (Å²) in [5.41, 5.74) is 5.05. The van der Waals surface area contributed by atoms with Gasteiger partial charge < -0.3 is 9.47 Å². The smallest absolute Gasteiger partial charge is 0.161 e. The van der Waals surface area contributed by atoms with E-state index in [1.165, 1.54) is 30.4 Å². The zero-order chi connectivity index (χ0) is 25.9. The van der Waals surface area contributed by atoms with E-state index in [-0.39, 0.29) is 0 Å². The second-order valence-corrected chi connectivity index (χ2v) is 10.1. The van der Waals surface area contributed by atoms with E-state index in [1.54, 1.807) is 0 Å². The standard InChI is InChI=1S/C35H40O2/c1-4-31(32-18-12-7-13-19-32)21-20-27(2)28(3)33-22-23-34(36-25-29-14-8-5-9-15-29)35(24-33)37-26-30-16-10-6-11-17-30/h5-19,22-24,27-28,31H,4,20-21,25-26H2,1-3H3. The van der Waals surface area contributed by atoms with Gasteiger partial charge in [0.05, 0.1) is 0 Å². The molecule has 0 aromatic heterocycles. The third-order valence-electron chi connectivity index (χ3n) is 7.56. The van der Waals surface area contributed by atoms with E-state index in [4.69, 9.17) is 9.47 Å². The van der Waals surface area contributed by atoms with Gasteiger partial charge in [-0.25, -0.2) is 0 Å². The average Bonchev–Trinajstić information content (AvgIpc) is 2.96. The van der Waals surface area contributed by atoms with Crippen LogP contribution in [0.5, 0.6) is 11.5 Å².